The van der Waals surface area contributed by atoms with Gasteiger partial charge in [-0.25, -0.2) is 0 Å². The average Bonchev–Trinajstić information content (AvgIpc) is 3.25. The molecule has 0 amide bonds. The van der Waals surface area contributed by atoms with Crippen molar-refractivity contribution >= 4 is 17.5 Å². The Morgan fingerprint density at radius 1 is 1.21 bits per heavy atom. The molecule has 1 N–H and O–H groups in total. The number of ether oxygens (including phenoxy) is 1. The maximum atomic E-state index is 12.8. The van der Waals surface area contributed by atoms with Crippen LogP contribution >= 0.6 is 11.8 Å². The van der Waals surface area contributed by atoms with Crippen LogP contribution in [0.25, 0.3) is 11.4 Å². The lowest BCUT2D eigenvalue weighted by Gasteiger charge is -2.09. The number of thioether (sulfide) groups is 1. The molecule has 1 aromatic carbocycles. The van der Waals surface area contributed by atoms with Crippen LogP contribution in [0, 0.1) is 13.8 Å². The maximum absolute atomic E-state index is 12.8. The van der Waals surface area contributed by atoms with Gasteiger partial charge >= 0.3 is 0 Å². The largest absolute Gasteiger partial charge is 0.507 e. The topological polar surface area (TPSA) is 82.2 Å². The quantitative estimate of drug-likeness (QED) is 0.425. The number of aryl methyl sites for hydroxylation is 1. The lowest BCUT2D eigenvalue weighted by atomic mass is 10.2. The Bertz CT molecular complexity index is 1010. The van der Waals surface area contributed by atoms with Gasteiger partial charge in [0.2, 0.25) is 0 Å². The number of hydrogen-bond donors (Lipinski definition) is 1. The number of aromatic nitrogens is 4. The first-order valence-corrected chi connectivity index (χ1v) is 10.5. The number of rotatable bonds is 9. The predicted molar refractivity (Wildman–Crippen MR) is 114 cm³/mol. The van der Waals surface area contributed by atoms with E-state index in [0.717, 1.165) is 23.5 Å². The third kappa shape index (κ3) is 4.38. The second-order valence-electron chi connectivity index (χ2n) is 6.71. The number of carbonyl (C=O) groups excluding carboxylic acids is 1. The summed E-state index contributed by atoms with van der Waals surface area (Å²) in [6.45, 7) is 7.92. The molecule has 3 rings (SSSR count). The number of aromatic hydroxyl groups is 1. The van der Waals surface area contributed by atoms with Crippen LogP contribution in [-0.4, -0.2) is 49.7 Å². The fraction of sp³-hybridized carbons (Fsp3) is 0.381. The van der Waals surface area contributed by atoms with E-state index >= 15 is 0 Å². The number of Topliss-reactive ketones (excluding diaryl/α,β-unsaturated/α-hetero) is 1. The van der Waals surface area contributed by atoms with Gasteiger partial charge in [0, 0.05) is 37.2 Å². The summed E-state index contributed by atoms with van der Waals surface area (Å²) < 4.78 is 9.17. The zero-order chi connectivity index (χ0) is 21.0. The molecule has 2 heterocycles. The predicted octanol–water partition coefficient (Wildman–Crippen LogP) is 3.71. The van der Waals surface area contributed by atoms with Crippen LogP contribution < -0.4 is 0 Å². The van der Waals surface area contributed by atoms with Crippen LogP contribution in [0.3, 0.4) is 0 Å². The fourth-order valence-corrected chi connectivity index (χ4v) is 4.25. The van der Waals surface area contributed by atoms with E-state index in [0.29, 0.717) is 29.7 Å². The van der Waals surface area contributed by atoms with Gasteiger partial charge in [-0.05, 0) is 39.0 Å². The van der Waals surface area contributed by atoms with Crippen LogP contribution in [0.5, 0.6) is 5.75 Å². The first-order chi connectivity index (χ1) is 14.0. The minimum atomic E-state index is 0.0570. The van der Waals surface area contributed by atoms with Crippen LogP contribution in [0.1, 0.15) is 28.7 Å². The fourth-order valence-electron chi connectivity index (χ4n) is 3.36. The molecule has 0 unspecified atom stereocenters. The Labute approximate surface area is 174 Å². The van der Waals surface area contributed by atoms with Crippen LogP contribution in [0.15, 0.2) is 35.5 Å². The number of methoxy groups -OCH3 is 1. The molecule has 29 heavy (non-hydrogen) atoms. The standard InChI is InChI=1S/C21H26N4O3S/c1-5-24-20(16-8-6-7-9-18(16)26)22-23-21(24)29-13-19(27)17-12-14(2)25(15(17)3)10-11-28-4/h6-9,12,26H,5,10-11,13H2,1-4H3. The van der Waals surface area contributed by atoms with Gasteiger partial charge in [0.1, 0.15) is 5.75 Å². The highest BCUT2D eigenvalue weighted by molar-refractivity contribution is 7.99. The van der Waals surface area contributed by atoms with E-state index in [-0.39, 0.29) is 17.3 Å². The molecule has 0 radical (unpaired) electrons. The molecule has 0 saturated heterocycles. The molecule has 0 aliphatic rings. The van der Waals surface area contributed by atoms with E-state index < -0.39 is 0 Å². The van der Waals surface area contributed by atoms with Gasteiger partial charge in [0.25, 0.3) is 0 Å². The van der Waals surface area contributed by atoms with Gasteiger partial charge in [-0.3, -0.25) is 4.79 Å². The summed E-state index contributed by atoms with van der Waals surface area (Å²) in [4.78, 5) is 12.8. The summed E-state index contributed by atoms with van der Waals surface area (Å²) in [5.74, 6) is 1.08. The van der Waals surface area contributed by atoms with E-state index in [2.05, 4.69) is 14.8 Å². The number of phenolic OH excluding ortho intramolecular Hbond substituents is 1. The van der Waals surface area contributed by atoms with Crippen molar-refractivity contribution in [1.29, 1.82) is 0 Å². The maximum Gasteiger partial charge on any atom is 0.191 e. The number of carbonyl (C=O) groups is 1. The van der Waals surface area contributed by atoms with Crippen molar-refractivity contribution in [2.75, 3.05) is 19.5 Å². The average molecular weight is 415 g/mol. The molecule has 3 aromatic rings. The Kier molecular flexibility index (Phi) is 6.76. The number of nitrogens with zero attached hydrogens (tertiary/aromatic N) is 4. The summed E-state index contributed by atoms with van der Waals surface area (Å²) in [7, 11) is 1.67. The van der Waals surface area contributed by atoms with E-state index in [4.69, 9.17) is 4.74 Å². The molecule has 0 fully saturated rings. The minimum Gasteiger partial charge on any atom is -0.507 e. The molecule has 0 atom stereocenters. The van der Waals surface area contributed by atoms with Crippen molar-refractivity contribution in [2.45, 2.75) is 39.0 Å². The van der Waals surface area contributed by atoms with Crippen molar-refractivity contribution in [3.8, 4) is 17.1 Å². The molecule has 0 saturated carbocycles. The number of benzene rings is 1. The van der Waals surface area contributed by atoms with Gasteiger partial charge in [0.05, 0.1) is 17.9 Å². The van der Waals surface area contributed by atoms with Crippen molar-refractivity contribution in [3.05, 3.63) is 47.3 Å². The molecular weight excluding hydrogens is 388 g/mol. The lowest BCUT2D eigenvalue weighted by Crippen LogP contribution is -2.10. The Morgan fingerprint density at radius 3 is 2.66 bits per heavy atom. The zero-order valence-electron chi connectivity index (χ0n) is 17.2. The number of ketones is 1. The Hall–Kier alpha value is -2.58. The normalized spacial score (nSPS) is 11.2. The van der Waals surface area contributed by atoms with Crippen molar-refractivity contribution in [2.24, 2.45) is 0 Å². The summed E-state index contributed by atoms with van der Waals surface area (Å²) in [5, 5.41) is 19.3. The van der Waals surface area contributed by atoms with Gasteiger partial charge < -0.3 is 19.0 Å². The molecule has 7 nitrogen and oxygen atoms in total. The first-order valence-electron chi connectivity index (χ1n) is 9.51. The summed E-state index contributed by atoms with van der Waals surface area (Å²) in [5.41, 5.74) is 3.36. The third-order valence-electron chi connectivity index (χ3n) is 4.90. The molecule has 154 valence electrons. The second kappa shape index (κ2) is 9.28. The molecule has 0 bridgehead atoms. The van der Waals surface area contributed by atoms with Crippen molar-refractivity contribution in [3.63, 3.8) is 0 Å². The number of para-hydroxylation sites is 1. The van der Waals surface area contributed by atoms with Crippen LogP contribution in [-0.2, 0) is 17.8 Å². The number of phenols is 1. The lowest BCUT2D eigenvalue weighted by molar-refractivity contribution is 0.102. The zero-order valence-corrected chi connectivity index (χ0v) is 18.0. The highest BCUT2D eigenvalue weighted by Crippen LogP contribution is 2.30. The molecule has 2 aromatic heterocycles. The minimum absolute atomic E-state index is 0.0570. The van der Waals surface area contributed by atoms with E-state index in [9.17, 15) is 9.90 Å². The highest BCUT2D eigenvalue weighted by Gasteiger charge is 2.19. The third-order valence-corrected chi connectivity index (χ3v) is 5.87. The molecule has 0 spiro atoms. The molecule has 8 heteroatoms. The monoisotopic (exact) mass is 414 g/mol. The van der Waals surface area contributed by atoms with Gasteiger partial charge in [-0.15, -0.1) is 10.2 Å². The van der Waals surface area contributed by atoms with Crippen LogP contribution in [0.4, 0.5) is 0 Å². The van der Waals surface area contributed by atoms with E-state index in [1.807, 2.05) is 37.5 Å². The van der Waals surface area contributed by atoms with Crippen molar-refractivity contribution in [1.82, 2.24) is 19.3 Å². The Morgan fingerprint density at radius 2 is 1.97 bits per heavy atom. The van der Waals surface area contributed by atoms with Gasteiger partial charge in [-0.1, -0.05) is 23.9 Å². The van der Waals surface area contributed by atoms with Gasteiger partial charge in [0.15, 0.2) is 16.8 Å². The summed E-state index contributed by atoms with van der Waals surface area (Å²) in [6, 6.07) is 8.98. The molecular formula is C21H26N4O3S. The SMILES string of the molecule is CCn1c(SCC(=O)c2cc(C)n(CCOC)c2C)nnc1-c1ccccc1O. The Balaban J connectivity index is 1.77. The second-order valence-corrected chi connectivity index (χ2v) is 7.65. The smallest absolute Gasteiger partial charge is 0.191 e. The van der Waals surface area contributed by atoms with Gasteiger partial charge in [-0.2, -0.15) is 0 Å². The van der Waals surface area contributed by atoms with Crippen LogP contribution in [0.2, 0.25) is 0 Å². The molecule has 0 aliphatic carbocycles. The highest BCUT2D eigenvalue weighted by atomic mass is 32.2. The molecule has 0 aliphatic heterocycles. The van der Waals surface area contributed by atoms with E-state index in [1.165, 1.54) is 11.8 Å². The number of hydrogen-bond acceptors (Lipinski definition) is 6. The summed E-state index contributed by atoms with van der Waals surface area (Å²) >= 11 is 1.36. The van der Waals surface area contributed by atoms with E-state index in [1.54, 1.807) is 25.3 Å². The summed E-state index contributed by atoms with van der Waals surface area (Å²) in [6.07, 6.45) is 0. The first kappa shape index (κ1) is 21.1. The van der Waals surface area contributed by atoms with Crippen molar-refractivity contribution < 1.29 is 14.6 Å².